The number of hydrogen-bond acceptors (Lipinski definition) is 3. The van der Waals surface area contributed by atoms with Crippen molar-refractivity contribution in [1.29, 1.82) is 5.26 Å². The molecule has 1 heterocycles. The molecule has 2 aromatic rings. The summed E-state index contributed by atoms with van der Waals surface area (Å²) in [5.74, 6) is 1.17. The molecule has 0 spiro atoms. The van der Waals surface area contributed by atoms with Crippen LogP contribution in [0.2, 0.25) is 0 Å². The normalized spacial score (nSPS) is 10.6. The zero-order valence-electron chi connectivity index (χ0n) is 12.1. The van der Waals surface area contributed by atoms with Gasteiger partial charge < -0.3 is 9.47 Å². The SMILES string of the molecule is CCN(C)C(=O)Cn1c(CCCl)nc2c(C#N)cccc21. The van der Waals surface area contributed by atoms with Crippen LogP contribution in [-0.2, 0) is 17.8 Å². The molecule has 5 nitrogen and oxygen atoms in total. The Kier molecular flexibility index (Phi) is 4.81. The molecule has 110 valence electrons. The van der Waals surface area contributed by atoms with Gasteiger partial charge in [0.05, 0.1) is 11.1 Å². The van der Waals surface area contributed by atoms with Crippen LogP contribution >= 0.6 is 11.6 Å². The number of amides is 1. The van der Waals surface area contributed by atoms with Crippen LogP contribution in [0.3, 0.4) is 0 Å². The van der Waals surface area contributed by atoms with Crippen molar-refractivity contribution in [2.45, 2.75) is 19.9 Å². The van der Waals surface area contributed by atoms with Gasteiger partial charge in [-0.2, -0.15) is 5.26 Å². The van der Waals surface area contributed by atoms with Crippen molar-refractivity contribution < 1.29 is 4.79 Å². The lowest BCUT2D eigenvalue weighted by Crippen LogP contribution is -2.30. The number of carbonyl (C=O) groups is 1. The summed E-state index contributed by atoms with van der Waals surface area (Å²) in [5, 5.41) is 9.17. The predicted molar refractivity (Wildman–Crippen MR) is 82.2 cm³/mol. The van der Waals surface area contributed by atoms with E-state index in [0.29, 0.717) is 29.9 Å². The van der Waals surface area contributed by atoms with Crippen LogP contribution in [0.4, 0.5) is 0 Å². The highest BCUT2D eigenvalue weighted by Crippen LogP contribution is 2.20. The smallest absolute Gasteiger partial charge is 0.242 e. The van der Waals surface area contributed by atoms with Gasteiger partial charge in [-0.1, -0.05) is 6.07 Å². The van der Waals surface area contributed by atoms with Crippen molar-refractivity contribution in [3.05, 3.63) is 29.6 Å². The minimum Gasteiger partial charge on any atom is -0.344 e. The fourth-order valence-electron chi connectivity index (χ4n) is 2.17. The molecule has 1 aromatic heterocycles. The molecule has 0 aliphatic carbocycles. The number of imidazole rings is 1. The number of halogens is 1. The molecule has 0 unspecified atom stereocenters. The first-order valence-corrected chi connectivity index (χ1v) is 7.34. The third kappa shape index (κ3) is 3.01. The van der Waals surface area contributed by atoms with E-state index in [1.807, 2.05) is 17.6 Å². The Hall–Kier alpha value is -2.06. The Morgan fingerprint density at radius 1 is 1.52 bits per heavy atom. The standard InChI is InChI=1S/C15H17ClN4O/c1-3-19(2)14(21)10-20-12-6-4-5-11(9-17)15(12)18-13(20)7-8-16/h4-6H,3,7-8,10H2,1-2H3. The van der Waals surface area contributed by atoms with Gasteiger partial charge >= 0.3 is 0 Å². The summed E-state index contributed by atoms with van der Waals surface area (Å²) in [7, 11) is 1.77. The van der Waals surface area contributed by atoms with E-state index in [1.165, 1.54) is 0 Å². The second-order valence-corrected chi connectivity index (χ2v) is 5.12. The van der Waals surface area contributed by atoms with Gasteiger partial charge in [0, 0.05) is 25.9 Å². The van der Waals surface area contributed by atoms with E-state index in [9.17, 15) is 10.1 Å². The molecule has 6 heteroatoms. The van der Waals surface area contributed by atoms with Gasteiger partial charge in [0.15, 0.2) is 0 Å². The highest BCUT2D eigenvalue weighted by Gasteiger charge is 2.16. The summed E-state index contributed by atoms with van der Waals surface area (Å²) in [6, 6.07) is 7.54. The Bertz CT molecular complexity index is 701. The van der Waals surface area contributed by atoms with E-state index in [1.54, 1.807) is 24.1 Å². The number of nitriles is 1. The van der Waals surface area contributed by atoms with Crippen molar-refractivity contribution in [1.82, 2.24) is 14.5 Å². The minimum atomic E-state index is 0.00924. The lowest BCUT2D eigenvalue weighted by molar-refractivity contribution is -0.130. The van der Waals surface area contributed by atoms with Crippen LogP contribution in [0.25, 0.3) is 11.0 Å². The number of benzene rings is 1. The molecule has 0 aliphatic heterocycles. The number of carbonyl (C=O) groups excluding carboxylic acids is 1. The van der Waals surface area contributed by atoms with Gasteiger partial charge in [0.25, 0.3) is 0 Å². The molecule has 21 heavy (non-hydrogen) atoms. The highest BCUT2D eigenvalue weighted by atomic mass is 35.5. The summed E-state index contributed by atoms with van der Waals surface area (Å²) in [6.07, 6.45) is 0.560. The van der Waals surface area contributed by atoms with Crippen molar-refractivity contribution in [2.75, 3.05) is 19.5 Å². The van der Waals surface area contributed by atoms with Crippen molar-refractivity contribution in [3.8, 4) is 6.07 Å². The monoisotopic (exact) mass is 304 g/mol. The fourth-order valence-corrected chi connectivity index (χ4v) is 2.34. The average Bonchev–Trinajstić information content (AvgIpc) is 2.84. The molecular formula is C15H17ClN4O. The van der Waals surface area contributed by atoms with Crippen molar-refractivity contribution >= 4 is 28.5 Å². The summed E-state index contributed by atoms with van der Waals surface area (Å²) in [5.41, 5.74) is 1.94. The Morgan fingerprint density at radius 2 is 2.29 bits per heavy atom. The average molecular weight is 305 g/mol. The predicted octanol–water partition coefficient (Wildman–Crippen LogP) is 2.17. The quantitative estimate of drug-likeness (QED) is 0.795. The molecule has 0 fully saturated rings. The molecule has 0 saturated carbocycles. The summed E-state index contributed by atoms with van der Waals surface area (Å²) in [6.45, 7) is 2.79. The largest absolute Gasteiger partial charge is 0.344 e. The first kappa shape index (κ1) is 15.3. The van der Waals surface area contributed by atoms with Gasteiger partial charge in [-0.3, -0.25) is 4.79 Å². The minimum absolute atomic E-state index is 0.00924. The van der Waals surface area contributed by atoms with E-state index in [-0.39, 0.29) is 12.5 Å². The lowest BCUT2D eigenvalue weighted by atomic mass is 10.2. The summed E-state index contributed by atoms with van der Waals surface area (Å²) >= 11 is 5.82. The number of aromatic nitrogens is 2. The first-order valence-electron chi connectivity index (χ1n) is 6.80. The molecular weight excluding hydrogens is 288 g/mol. The van der Waals surface area contributed by atoms with Crippen LogP contribution < -0.4 is 0 Å². The lowest BCUT2D eigenvalue weighted by Gasteiger charge is -2.16. The van der Waals surface area contributed by atoms with Crippen LogP contribution in [-0.4, -0.2) is 39.8 Å². The molecule has 0 saturated heterocycles. The molecule has 0 bridgehead atoms. The number of nitrogens with zero attached hydrogens (tertiary/aromatic N) is 4. The van der Waals surface area contributed by atoms with Crippen LogP contribution in [0.5, 0.6) is 0 Å². The molecule has 0 N–H and O–H groups in total. The van der Waals surface area contributed by atoms with Gasteiger partial charge in [0.1, 0.15) is 24.0 Å². The van der Waals surface area contributed by atoms with Crippen LogP contribution in [0, 0.1) is 11.3 Å². The van der Waals surface area contributed by atoms with Crippen LogP contribution in [0.15, 0.2) is 18.2 Å². The Labute approximate surface area is 128 Å². The van der Waals surface area contributed by atoms with E-state index >= 15 is 0 Å². The zero-order chi connectivity index (χ0) is 15.4. The molecule has 2 rings (SSSR count). The zero-order valence-corrected chi connectivity index (χ0v) is 12.9. The topological polar surface area (TPSA) is 61.9 Å². The molecule has 0 radical (unpaired) electrons. The van der Waals surface area contributed by atoms with Gasteiger partial charge in [-0.05, 0) is 19.1 Å². The number of alkyl halides is 1. The van der Waals surface area contributed by atoms with Crippen molar-refractivity contribution in [3.63, 3.8) is 0 Å². The maximum absolute atomic E-state index is 12.2. The second-order valence-electron chi connectivity index (χ2n) is 4.75. The fraction of sp³-hybridized carbons (Fsp3) is 0.400. The maximum Gasteiger partial charge on any atom is 0.242 e. The Balaban J connectivity index is 2.52. The molecule has 0 atom stereocenters. The van der Waals surface area contributed by atoms with E-state index < -0.39 is 0 Å². The number of rotatable bonds is 5. The van der Waals surface area contributed by atoms with Crippen molar-refractivity contribution in [2.24, 2.45) is 0 Å². The third-order valence-corrected chi connectivity index (χ3v) is 3.68. The molecule has 1 amide bonds. The summed E-state index contributed by atoms with van der Waals surface area (Å²) < 4.78 is 1.85. The number of aryl methyl sites for hydroxylation is 1. The van der Waals surface area contributed by atoms with Crippen LogP contribution in [0.1, 0.15) is 18.3 Å². The van der Waals surface area contributed by atoms with E-state index in [0.717, 1.165) is 11.3 Å². The molecule has 1 aromatic carbocycles. The summed E-state index contributed by atoms with van der Waals surface area (Å²) in [4.78, 5) is 18.3. The number of likely N-dealkylation sites (N-methyl/N-ethyl adjacent to an activating group) is 1. The first-order chi connectivity index (χ1) is 10.1. The highest BCUT2D eigenvalue weighted by molar-refractivity contribution is 6.17. The number of hydrogen-bond donors (Lipinski definition) is 0. The van der Waals surface area contributed by atoms with Gasteiger partial charge in [-0.25, -0.2) is 4.98 Å². The maximum atomic E-state index is 12.2. The Morgan fingerprint density at radius 3 is 2.90 bits per heavy atom. The van der Waals surface area contributed by atoms with E-state index in [4.69, 9.17) is 11.6 Å². The van der Waals surface area contributed by atoms with E-state index in [2.05, 4.69) is 11.1 Å². The number of para-hydroxylation sites is 1. The van der Waals surface area contributed by atoms with Gasteiger partial charge in [-0.15, -0.1) is 11.6 Å². The number of fused-ring (bicyclic) bond motifs is 1. The second kappa shape index (κ2) is 6.59. The molecule has 0 aliphatic rings. The third-order valence-electron chi connectivity index (χ3n) is 3.49. The van der Waals surface area contributed by atoms with Gasteiger partial charge in [0.2, 0.25) is 5.91 Å².